The highest BCUT2D eigenvalue weighted by atomic mass is 35.5. The SMILES string of the molecule is CCCc1ccnc(CSc2nc(N)cc(Cl)n2)c1. The van der Waals surface area contributed by atoms with Gasteiger partial charge in [-0.15, -0.1) is 0 Å². The number of nitrogens with two attached hydrogens (primary N) is 1. The summed E-state index contributed by atoms with van der Waals surface area (Å²) < 4.78 is 0. The lowest BCUT2D eigenvalue weighted by Crippen LogP contribution is -1.96. The molecule has 2 heterocycles. The Morgan fingerprint density at radius 2 is 2.16 bits per heavy atom. The summed E-state index contributed by atoms with van der Waals surface area (Å²) in [4.78, 5) is 12.6. The third kappa shape index (κ3) is 4.36. The predicted octanol–water partition coefficient (Wildman–Crippen LogP) is 3.35. The van der Waals surface area contributed by atoms with Gasteiger partial charge in [0.25, 0.3) is 0 Å². The summed E-state index contributed by atoms with van der Waals surface area (Å²) in [5.74, 6) is 1.09. The van der Waals surface area contributed by atoms with Gasteiger partial charge in [0.15, 0.2) is 5.16 Å². The van der Waals surface area contributed by atoms with Gasteiger partial charge in [0.05, 0.1) is 5.69 Å². The van der Waals surface area contributed by atoms with Gasteiger partial charge in [0.2, 0.25) is 0 Å². The fourth-order valence-electron chi connectivity index (χ4n) is 1.67. The zero-order chi connectivity index (χ0) is 13.7. The number of thioether (sulfide) groups is 1. The first-order chi connectivity index (χ1) is 9.17. The van der Waals surface area contributed by atoms with Crippen molar-refractivity contribution in [3.8, 4) is 0 Å². The topological polar surface area (TPSA) is 64.7 Å². The lowest BCUT2D eigenvalue weighted by atomic mass is 10.1. The molecule has 2 aromatic rings. The van der Waals surface area contributed by atoms with E-state index in [1.807, 2.05) is 12.3 Å². The van der Waals surface area contributed by atoms with Crippen LogP contribution in [0.2, 0.25) is 5.15 Å². The number of aromatic nitrogens is 3. The molecule has 0 saturated carbocycles. The molecule has 0 spiro atoms. The van der Waals surface area contributed by atoms with Crippen molar-refractivity contribution in [3.63, 3.8) is 0 Å². The maximum Gasteiger partial charge on any atom is 0.191 e. The van der Waals surface area contributed by atoms with Gasteiger partial charge in [-0.05, 0) is 24.1 Å². The number of aryl methyl sites for hydroxylation is 1. The molecule has 6 heteroatoms. The van der Waals surface area contributed by atoms with Crippen molar-refractivity contribution >= 4 is 29.2 Å². The molecule has 0 unspecified atom stereocenters. The van der Waals surface area contributed by atoms with Crippen LogP contribution in [-0.4, -0.2) is 15.0 Å². The molecule has 0 aliphatic rings. The number of halogens is 1. The van der Waals surface area contributed by atoms with Gasteiger partial charge >= 0.3 is 0 Å². The number of hydrogen-bond acceptors (Lipinski definition) is 5. The normalized spacial score (nSPS) is 10.6. The van der Waals surface area contributed by atoms with Gasteiger partial charge < -0.3 is 5.73 Å². The molecule has 0 aromatic carbocycles. The van der Waals surface area contributed by atoms with E-state index in [-0.39, 0.29) is 0 Å². The Hall–Kier alpha value is -1.33. The van der Waals surface area contributed by atoms with Crippen molar-refractivity contribution < 1.29 is 0 Å². The fourth-order valence-corrected chi connectivity index (χ4v) is 2.68. The van der Waals surface area contributed by atoms with Crippen LogP contribution in [0.15, 0.2) is 29.6 Å². The summed E-state index contributed by atoms with van der Waals surface area (Å²) >= 11 is 7.32. The summed E-state index contributed by atoms with van der Waals surface area (Å²) in [6.45, 7) is 2.16. The van der Waals surface area contributed by atoms with Crippen LogP contribution in [0.5, 0.6) is 0 Å². The van der Waals surface area contributed by atoms with Gasteiger partial charge in [0, 0.05) is 18.0 Å². The highest BCUT2D eigenvalue weighted by molar-refractivity contribution is 7.98. The molecule has 2 rings (SSSR count). The first kappa shape index (κ1) is 14.1. The number of anilines is 1. The summed E-state index contributed by atoms with van der Waals surface area (Å²) in [6, 6.07) is 5.70. The van der Waals surface area contributed by atoms with E-state index < -0.39 is 0 Å². The Bertz CT molecular complexity index is 542. The number of nitrogen functional groups attached to an aromatic ring is 1. The minimum Gasteiger partial charge on any atom is -0.384 e. The highest BCUT2D eigenvalue weighted by Crippen LogP contribution is 2.21. The van der Waals surface area contributed by atoms with E-state index >= 15 is 0 Å². The van der Waals surface area contributed by atoms with E-state index in [4.69, 9.17) is 17.3 Å². The molecular weight excluding hydrogens is 280 g/mol. The quantitative estimate of drug-likeness (QED) is 0.520. The van der Waals surface area contributed by atoms with Crippen molar-refractivity contribution in [1.29, 1.82) is 0 Å². The minimum atomic E-state index is 0.364. The Kier molecular flexibility index (Phi) is 4.99. The smallest absolute Gasteiger partial charge is 0.191 e. The molecule has 0 saturated heterocycles. The molecule has 2 aromatic heterocycles. The van der Waals surface area contributed by atoms with Gasteiger partial charge in [-0.3, -0.25) is 4.98 Å². The van der Waals surface area contributed by atoms with Crippen LogP contribution in [0.3, 0.4) is 0 Å². The zero-order valence-corrected chi connectivity index (χ0v) is 12.2. The fraction of sp³-hybridized carbons (Fsp3) is 0.308. The van der Waals surface area contributed by atoms with Crippen molar-refractivity contribution in [2.45, 2.75) is 30.7 Å². The van der Waals surface area contributed by atoms with E-state index in [0.29, 0.717) is 21.9 Å². The predicted molar refractivity (Wildman–Crippen MR) is 79.2 cm³/mol. The summed E-state index contributed by atoms with van der Waals surface area (Å²) in [5, 5.41) is 0.940. The van der Waals surface area contributed by atoms with Crippen LogP contribution in [0, 0.1) is 0 Å². The second-order valence-corrected chi connectivity index (χ2v) is 5.42. The van der Waals surface area contributed by atoms with E-state index in [1.165, 1.54) is 23.4 Å². The van der Waals surface area contributed by atoms with E-state index in [2.05, 4.69) is 27.9 Å². The Morgan fingerprint density at radius 1 is 1.32 bits per heavy atom. The molecule has 0 atom stereocenters. The molecule has 0 fully saturated rings. The third-order valence-corrected chi connectivity index (χ3v) is 3.54. The average Bonchev–Trinajstić information content (AvgIpc) is 2.36. The third-order valence-electron chi connectivity index (χ3n) is 2.46. The lowest BCUT2D eigenvalue weighted by molar-refractivity contribution is 0.913. The standard InChI is InChI=1S/C13H15ClN4S/c1-2-3-9-4-5-16-10(6-9)8-19-13-17-11(14)7-12(15)18-13/h4-7H,2-3,8H2,1H3,(H2,15,17,18). The second kappa shape index (κ2) is 6.73. The van der Waals surface area contributed by atoms with Crippen molar-refractivity contribution in [2.24, 2.45) is 0 Å². The summed E-state index contributed by atoms with van der Waals surface area (Å²) in [5.41, 5.74) is 7.94. The molecule has 2 N–H and O–H groups in total. The Balaban J connectivity index is 2.03. The van der Waals surface area contributed by atoms with Crippen molar-refractivity contribution in [2.75, 3.05) is 5.73 Å². The van der Waals surface area contributed by atoms with Crippen LogP contribution in [0.1, 0.15) is 24.6 Å². The molecule has 19 heavy (non-hydrogen) atoms. The molecule has 0 amide bonds. The summed E-state index contributed by atoms with van der Waals surface area (Å²) in [6.07, 6.45) is 4.04. The van der Waals surface area contributed by atoms with E-state index in [0.717, 1.165) is 18.5 Å². The minimum absolute atomic E-state index is 0.364. The number of pyridine rings is 1. The zero-order valence-electron chi connectivity index (χ0n) is 10.6. The molecule has 0 radical (unpaired) electrons. The van der Waals surface area contributed by atoms with Crippen LogP contribution < -0.4 is 5.73 Å². The Morgan fingerprint density at radius 3 is 2.89 bits per heavy atom. The largest absolute Gasteiger partial charge is 0.384 e. The van der Waals surface area contributed by atoms with Gasteiger partial charge in [-0.1, -0.05) is 36.7 Å². The molecule has 0 aliphatic heterocycles. The lowest BCUT2D eigenvalue weighted by Gasteiger charge is -2.04. The van der Waals surface area contributed by atoms with E-state index in [1.54, 1.807) is 0 Å². The molecular formula is C13H15ClN4S. The van der Waals surface area contributed by atoms with Crippen LogP contribution >= 0.6 is 23.4 Å². The van der Waals surface area contributed by atoms with Crippen LogP contribution in [-0.2, 0) is 12.2 Å². The summed E-state index contributed by atoms with van der Waals surface area (Å²) in [7, 11) is 0. The van der Waals surface area contributed by atoms with E-state index in [9.17, 15) is 0 Å². The van der Waals surface area contributed by atoms with Crippen molar-refractivity contribution in [1.82, 2.24) is 15.0 Å². The molecule has 0 bridgehead atoms. The maximum atomic E-state index is 5.84. The molecule has 4 nitrogen and oxygen atoms in total. The van der Waals surface area contributed by atoms with Crippen LogP contribution in [0.4, 0.5) is 5.82 Å². The number of rotatable bonds is 5. The second-order valence-electron chi connectivity index (χ2n) is 4.09. The maximum absolute atomic E-state index is 5.84. The highest BCUT2D eigenvalue weighted by Gasteiger charge is 2.04. The number of hydrogen-bond donors (Lipinski definition) is 1. The molecule has 0 aliphatic carbocycles. The van der Waals surface area contributed by atoms with Gasteiger partial charge in [0.1, 0.15) is 11.0 Å². The van der Waals surface area contributed by atoms with Crippen molar-refractivity contribution in [3.05, 3.63) is 40.8 Å². The van der Waals surface area contributed by atoms with Gasteiger partial charge in [-0.25, -0.2) is 9.97 Å². The molecule has 100 valence electrons. The number of nitrogens with zero attached hydrogens (tertiary/aromatic N) is 3. The average molecular weight is 295 g/mol. The monoisotopic (exact) mass is 294 g/mol. The Labute approximate surface area is 121 Å². The van der Waals surface area contributed by atoms with Gasteiger partial charge in [-0.2, -0.15) is 0 Å². The first-order valence-corrected chi connectivity index (χ1v) is 7.40. The first-order valence-electron chi connectivity index (χ1n) is 6.04. The van der Waals surface area contributed by atoms with Crippen LogP contribution in [0.25, 0.3) is 0 Å².